The largest absolute Gasteiger partial charge is 0.496 e. The molecule has 1 aliphatic rings. The van der Waals surface area contributed by atoms with Crippen LogP contribution in [-0.4, -0.2) is 12.8 Å². The molecule has 0 fully saturated rings. The van der Waals surface area contributed by atoms with Gasteiger partial charge in [0.25, 0.3) is 0 Å². The Hall–Kier alpha value is -1.31. The maximum absolute atomic E-state index is 5.25. The molecule has 2 heteroatoms. The Morgan fingerprint density at radius 3 is 2.77 bits per heavy atom. The molecule has 0 saturated heterocycles. The summed E-state index contributed by atoms with van der Waals surface area (Å²) in [5.41, 5.74) is 4.83. The molecule has 0 bridgehead atoms. The highest BCUT2D eigenvalue weighted by atomic mass is 16.5. The first-order valence-corrected chi connectivity index (χ1v) is 4.43. The van der Waals surface area contributed by atoms with Gasteiger partial charge >= 0.3 is 0 Å². The molecular weight excluding hydrogens is 162 g/mol. The molecule has 0 N–H and O–H groups in total. The number of rotatable bonds is 1. The van der Waals surface area contributed by atoms with Gasteiger partial charge in [-0.2, -0.15) is 0 Å². The van der Waals surface area contributed by atoms with Crippen LogP contribution in [0.4, 0.5) is 5.69 Å². The second kappa shape index (κ2) is 2.87. The Morgan fingerprint density at radius 1 is 1.31 bits per heavy atom. The molecule has 1 aliphatic heterocycles. The zero-order valence-corrected chi connectivity index (χ0v) is 8.22. The van der Waals surface area contributed by atoms with Crippen molar-refractivity contribution in [3.8, 4) is 5.75 Å². The Balaban J connectivity index is 2.54. The summed E-state index contributed by atoms with van der Waals surface area (Å²) in [6.45, 7) is 4.15. The second-order valence-corrected chi connectivity index (χ2v) is 3.41. The summed E-state index contributed by atoms with van der Waals surface area (Å²) in [7, 11) is 1.71. The average Bonchev–Trinajstić information content (AvgIpc) is 2.47. The van der Waals surface area contributed by atoms with Gasteiger partial charge in [-0.1, -0.05) is 0 Å². The minimum Gasteiger partial charge on any atom is -0.496 e. The van der Waals surface area contributed by atoms with E-state index in [1.165, 1.54) is 16.8 Å². The summed E-state index contributed by atoms with van der Waals surface area (Å²) in [6, 6.07) is 4.01. The van der Waals surface area contributed by atoms with E-state index in [0.29, 0.717) is 0 Å². The molecule has 0 unspecified atom stereocenters. The molecule has 2 rings (SSSR count). The summed E-state index contributed by atoms with van der Waals surface area (Å²) in [4.78, 5) is 4.45. The first-order valence-electron chi connectivity index (χ1n) is 4.43. The molecule has 68 valence electrons. The maximum atomic E-state index is 5.25. The zero-order chi connectivity index (χ0) is 9.42. The van der Waals surface area contributed by atoms with Crippen molar-refractivity contribution in [1.82, 2.24) is 0 Å². The van der Waals surface area contributed by atoms with Crippen LogP contribution in [0.25, 0.3) is 0 Å². The smallest absolute Gasteiger partial charge is 0.122 e. The molecule has 2 nitrogen and oxygen atoms in total. The number of fused-ring (bicyclic) bond motifs is 1. The number of hydrogen-bond acceptors (Lipinski definition) is 2. The van der Waals surface area contributed by atoms with E-state index in [1.54, 1.807) is 7.11 Å². The van der Waals surface area contributed by atoms with Gasteiger partial charge in [0.2, 0.25) is 0 Å². The van der Waals surface area contributed by atoms with Crippen LogP contribution in [0.2, 0.25) is 0 Å². The third-order valence-electron chi connectivity index (χ3n) is 2.49. The number of benzene rings is 1. The van der Waals surface area contributed by atoms with Gasteiger partial charge in [0.1, 0.15) is 5.75 Å². The Bertz CT molecular complexity index is 380. The molecule has 1 heterocycles. The molecule has 0 atom stereocenters. The summed E-state index contributed by atoms with van der Waals surface area (Å²) in [5, 5.41) is 0. The molecule has 1 aromatic carbocycles. The Kier molecular flexibility index (Phi) is 1.83. The Morgan fingerprint density at radius 2 is 2.08 bits per heavy atom. The SMILES string of the molecule is COc1ccc2c(c1C)CC(C)=N2. The van der Waals surface area contributed by atoms with Gasteiger partial charge in [-0.15, -0.1) is 0 Å². The van der Waals surface area contributed by atoms with E-state index in [-0.39, 0.29) is 0 Å². The van der Waals surface area contributed by atoms with Crippen molar-refractivity contribution < 1.29 is 4.74 Å². The van der Waals surface area contributed by atoms with E-state index in [4.69, 9.17) is 4.74 Å². The lowest BCUT2D eigenvalue weighted by molar-refractivity contribution is 0.411. The molecule has 13 heavy (non-hydrogen) atoms. The van der Waals surface area contributed by atoms with Crippen LogP contribution in [0.5, 0.6) is 5.75 Å². The van der Waals surface area contributed by atoms with E-state index in [1.807, 2.05) is 12.1 Å². The summed E-state index contributed by atoms with van der Waals surface area (Å²) < 4.78 is 5.25. The average molecular weight is 175 g/mol. The molecular formula is C11H13NO. The molecule has 0 aliphatic carbocycles. The quantitative estimate of drug-likeness (QED) is 0.643. The topological polar surface area (TPSA) is 21.6 Å². The van der Waals surface area contributed by atoms with Gasteiger partial charge in [-0.3, -0.25) is 4.99 Å². The number of aliphatic imine (C=N–C) groups is 1. The van der Waals surface area contributed by atoms with E-state index >= 15 is 0 Å². The predicted octanol–water partition coefficient (Wildman–Crippen LogP) is 2.65. The van der Waals surface area contributed by atoms with E-state index in [2.05, 4.69) is 18.8 Å². The summed E-state index contributed by atoms with van der Waals surface area (Å²) in [6.07, 6.45) is 0.971. The first kappa shape index (κ1) is 8.30. The van der Waals surface area contributed by atoms with Crippen LogP contribution < -0.4 is 4.74 Å². The fraction of sp³-hybridized carbons (Fsp3) is 0.364. The van der Waals surface area contributed by atoms with Gasteiger partial charge in [0.15, 0.2) is 0 Å². The lowest BCUT2D eigenvalue weighted by Gasteiger charge is -2.08. The zero-order valence-electron chi connectivity index (χ0n) is 8.22. The van der Waals surface area contributed by atoms with Crippen LogP contribution in [0.1, 0.15) is 18.1 Å². The molecule has 0 spiro atoms. The van der Waals surface area contributed by atoms with Crippen LogP contribution in [0.3, 0.4) is 0 Å². The van der Waals surface area contributed by atoms with Gasteiger partial charge in [-0.05, 0) is 37.1 Å². The second-order valence-electron chi connectivity index (χ2n) is 3.41. The minimum atomic E-state index is 0.962. The van der Waals surface area contributed by atoms with Crippen LogP contribution in [0.15, 0.2) is 17.1 Å². The molecule has 0 aromatic heterocycles. The highest BCUT2D eigenvalue weighted by Gasteiger charge is 2.15. The van der Waals surface area contributed by atoms with Crippen molar-refractivity contribution in [2.45, 2.75) is 20.3 Å². The van der Waals surface area contributed by atoms with Crippen molar-refractivity contribution in [2.24, 2.45) is 4.99 Å². The molecule has 0 saturated carbocycles. The predicted molar refractivity (Wildman–Crippen MR) is 54.2 cm³/mol. The Labute approximate surface area is 78.3 Å². The summed E-state index contributed by atoms with van der Waals surface area (Å²) >= 11 is 0. The van der Waals surface area contributed by atoms with Crippen molar-refractivity contribution in [1.29, 1.82) is 0 Å². The van der Waals surface area contributed by atoms with Crippen molar-refractivity contribution in [3.63, 3.8) is 0 Å². The lowest BCUT2D eigenvalue weighted by atomic mass is 10.0. The third kappa shape index (κ3) is 1.22. The normalized spacial score (nSPS) is 13.9. The monoisotopic (exact) mass is 175 g/mol. The summed E-state index contributed by atoms with van der Waals surface area (Å²) in [5.74, 6) is 0.962. The van der Waals surface area contributed by atoms with Crippen LogP contribution in [0, 0.1) is 6.92 Å². The highest BCUT2D eigenvalue weighted by Crippen LogP contribution is 2.34. The molecule has 1 aromatic rings. The molecule has 0 radical (unpaired) electrons. The first-order chi connectivity index (χ1) is 6.22. The van der Waals surface area contributed by atoms with Gasteiger partial charge in [0, 0.05) is 12.1 Å². The van der Waals surface area contributed by atoms with E-state index < -0.39 is 0 Å². The number of methoxy groups -OCH3 is 1. The van der Waals surface area contributed by atoms with E-state index in [9.17, 15) is 0 Å². The molecule has 0 amide bonds. The maximum Gasteiger partial charge on any atom is 0.122 e. The standard InChI is InChI=1S/C11H13NO/c1-7-6-9-8(2)11(13-3)5-4-10(9)12-7/h4-5H,6H2,1-3H3. The van der Waals surface area contributed by atoms with Crippen molar-refractivity contribution in [3.05, 3.63) is 23.3 Å². The third-order valence-corrected chi connectivity index (χ3v) is 2.49. The van der Waals surface area contributed by atoms with Crippen LogP contribution >= 0.6 is 0 Å². The highest BCUT2D eigenvalue weighted by molar-refractivity contribution is 5.92. The van der Waals surface area contributed by atoms with E-state index in [0.717, 1.165) is 17.9 Å². The van der Waals surface area contributed by atoms with Gasteiger partial charge in [0.05, 0.1) is 12.8 Å². The lowest BCUT2D eigenvalue weighted by Crippen LogP contribution is -1.94. The van der Waals surface area contributed by atoms with Crippen molar-refractivity contribution >= 4 is 11.4 Å². The van der Waals surface area contributed by atoms with Crippen molar-refractivity contribution in [2.75, 3.05) is 7.11 Å². The van der Waals surface area contributed by atoms with Gasteiger partial charge in [-0.25, -0.2) is 0 Å². The fourth-order valence-electron chi connectivity index (χ4n) is 1.77. The number of hydrogen-bond donors (Lipinski definition) is 0. The number of nitrogens with zero attached hydrogens (tertiary/aromatic N) is 1. The van der Waals surface area contributed by atoms with Gasteiger partial charge < -0.3 is 4.74 Å². The minimum absolute atomic E-state index is 0.962. The van der Waals surface area contributed by atoms with Crippen LogP contribution in [-0.2, 0) is 6.42 Å². The number of ether oxygens (including phenoxy) is 1. The fourth-order valence-corrected chi connectivity index (χ4v) is 1.77.